The summed E-state index contributed by atoms with van der Waals surface area (Å²) >= 11 is 0. The zero-order chi connectivity index (χ0) is 20.5. The number of benzene rings is 2. The first-order valence-electron chi connectivity index (χ1n) is 9.55. The van der Waals surface area contributed by atoms with E-state index in [0.29, 0.717) is 24.0 Å². The summed E-state index contributed by atoms with van der Waals surface area (Å²) in [7, 11) is 1.85. The molecule has 29 heavy (non-hydrogen) atoms. The summed E-state index contributed by atoms with van der Waals surface area (Å²) in [5, 5.41) is 20.0. The van der Waals surface area contributed by atoms with Crippen LogP contribution in [0.5, 0.6) is 0 Å². The van der Waals surface area contributed by atoms with Gasteiger partial charge in [-0.1, -0.05) is 18.2 Å². The molecule has 1 aliphatic rings. The molecule has 0 bridgehead atoms. The maximum absolute atomic E-state index is 12.2. The first-order valence-corrected chi connectivity index (χ1v) is 9.55. The van der Waals surface area contributed by atoms with Gasteiger partial charge >= 0.3 is 11.9 Å². The average Bonchev–Trinajstić information content (AvgIpc) is 3.05. The largest absolute Gasteiger partial charge is 0.480 e. The van der Waals surface area contributed by atoms with Gasteiger partial charge in [0.15, 0.2) is 0 Å². The highest BCUT2D eigenvalue weighted by Gasteiger charge is 2.32. The van der Waals surface area contributed by atoms with E-state index >= 15 is 0 Å². The molecular formula is C22H23N3O4. The minimum atomic E-state index is -1.02. The number of aliphatic carboxylic acids is 1. The third-order valence-corrected chi connectivity index (χ3v) is 5.60. The number of carbonyl (C=O) groups is 2. The molecule has 1 aliphatic heterocycles. The molecule has 0 radical (unpaired) electrons. The highest BCUT2D eigenvalue weighted by Crippen LogP contribution is 2.32. The van der Waals surface area contributed by atoms with Crippen LogP contribution in [-0.4, -0.2) is 57.8 Å². The number of piperazine rings is 1. The molecule has 3 aromatic rings. The lowest BCUT2D eigenvalue weighted by Crippen LogP contribution is -2.49. The minimum absolute atomic E-state index is 0.156. The average molecular weight is 393 g/mol. The Balaban J connectivity index is 1.64. The summed E-state index contributed by atoms with van der Waals surface area (Å²) in [4.78, 5) is 27.9. The van der Waals surface area contributed by atoms with E-state index in [1.54, 1.807) is 24.4 Å². The second-order valence-electron chi connectivity index (χ2n) is 7.33. The van der Waals surface area contributed by atoms with E-state index in [1.165, 1.54) is 0 Å². The van der Waals surface area contributed by atoms with Crippen LogP contribution in [0.25, 0.3) is 10.9 Å². The van der Waals surface area contributed by atoms with Crippen molar-refractivity contribution in [2.24, 2.45) is 7.05 Å². The lowest BCUT2D eigenvalue weighted by molar-refractivity contribution is -0.143. The van der Waals surface area contributed by atoms with Crippen molar-refractivity contribution >= 4 is 28.5 Å². The quantitative estimate of drug-likeness (QED) is 0.693. The third-order valence-electron chi connectivity index (χ3n) is 5.60. The molecule has 0 unspecified atom stereocenters. The molecule has 0 saturated carbocycles. The Morgan fingerprint density at radius 3 is 2.28 bits per heavy atom. The first-order chi connectivity index (χ1) is 14.0. The van der Waals surface area contributed by atoms with Crippen molar-refractivity contribution in [3.63, 3.8) is 0 Å². The van der Waals surface area contributed by atoms with Crippen LogP contribution >= 0.6 is 0 Å². The standard InChI is InChI=1S/C22H23N3O4/c1-23-14-18(17-13-15(21(26)27)7-8-19(17)23)20(22(28)29)25-11-9-24(10-12-25)16-5-3-2-4-6-16/h2-8,13-14,20H,9-12H2,1H3,(H,26,27)(H,28,29)/t20-/m0/s1. The fourth-order valence-electron chi connectivity index (χ4n) is 4.14. The molecule has 7 nitrogen and oxygen atoms in total. The maximum Gasteiger partial charge on any atom is 0.335 e. The van der Waals surface area contributed by atoms with Crippen molar-refractivity contribution in [3.05, 3.63) is 65.9 Å². The van der Waals surface area contributed by atoms with Gasteiger partial charge < -0.3 is 19.7 Å². The molecule has 0 amide bonds. The molecule has 2 heterocycles. The Morgan fingerprint density at radius 1 is 0.966 bits per heavy atom. The predicted octanol–water partition coefficient (Wildman–Crippen LogP) is 2.82. The molecule has 0 spiro atoms. The Morgan fingerprint density at radius 2 is 1.66 bits per heavy atom. The van der Waals surface area contributed by atoms with Crippen LogP contribution in [0.15, 0.2) is 54.7 Å². The van der Waals surface area contributed by atoms with Crippen LogP contribution in [0.3, 0.4) is 0 Å². The molecule has 0 aliphatic carbocycles. The lowest BCUT2D eigenvalue weighted by atomic mass is 10.0. The molecule has 1 fully saturated rings. The molecule has 4 rings (SSSR count). The fraction of sp³-hybridized carbons (Fsp3) is 0.273. The first kappa shape index (κ1) is 19.0. The highest BCUT2D eigenvalue weighted by atomic mass is 16.4. The zero-order valence-corrected chi connectivity index (χ0v) is 16.2. The summed E-state index contributed by atoms with van der Waals surface area (Å²) in [6, 6.07) is 14.1. The van der Waals surface area contributed by atoms with Crippen molar-refractivity contribution in [3.8, 4) is 0 Å². The van der Waals surface area contributed by atoms with Gasteiger partial charge in [0.05, 0.1) is 5.56 Å². The number of hydrogen-bond acceptors (Lipinski definition) is 4. The number of aromatic nitrogens is 1. The second-order valence-corrected chi connectivity index (χ2v) is 7.33. The Labute approximate surface area is 168 Å². The van der Waals surface area contributed by atoms with Gasteiger partial charge in [-0.05, 0) is 30.3 Å². The second kappa shape index (κ2) is 7.60. The topological polar surface area (TPSA) is 86.0 Å². The Kier molecular flexibility index (Phi) is 4.98. The normalized spacial score (nSPS) is 16.1. The zero-order valence-electron chi connectivity index (χ0n) is 16.2. The summed E-state index contributed by atoms with van der Waals surface area (Å²) in [5.74, 6) is -1.95. The number of anilines is 1. The molecular weight excluding hydrogens is 370 g/mol. The van der Waals surface area contributed by atoms with Crippen LogP contribution < -0.4 is 4.90 Å². The van der Waals surface area contributed by atoms with Gasteiger partial charge in [0.1, 0.15) is 6.04 Å². The Hall–Kier alpha value is -3.32. The molecule has 1 atom stereocenters. The van der Waals surface area contributed by atoms with Gasteiger partial charge in [0.25, 0.3) is 0 Å². The van der Waals surface area contributed by atoms with Crippen molar-refractivity contribution in [2.75, 3.05) is 31.1 Å². The maximum atomic E-state index is 12.2. The van der Waals surface area contributed by atoms with Crippen molar-refractivity contribution < 1.29 is 19.8 Å². The van der Waals surface area contributed by atoms with Gasteiger partial charge in [0.2, 0.25) is 0 Å². The summed E-state index contributed by atoms with van der Waals surface area (Å²) in [6.07, 6.45) is 1.80. The van der Waals surface area contributed by atoms with Crippen LogP contribution in [0, 0.1) is 0 Å². The summed E-state index contributed by atoms with van der Waals surface area (Å²) in [6.45, 7) is 2.69. The summed E-state index contributed by atoms with van der Waals surface area (Å²) < 4.78 is 1.85. The van der Waals surface area contributed by atoms with E-state index in [1.807, 2.05) is 34.7 Å². The predicted molar refractivity (Wildman–Crippen MR) is 110 cm³/mol. The number of carboxylic acids is 2. The van der Waals surface area contributed by atoms with E-state index in [2.05, 4.69) is 17.0 Å². The van der Waals surface area contributed by atoms with Crippen molar-refractivity contribution in [1.82, 2.24) is 9.47 Å². The third kappa shape index (κ3) is 3.56. The highest BCUT2D eigenvalue weighted by molar-refractivity contribution is 5.96. The van der Waals surface area contributed by atoms with Crippen LogP contribution in [0.2, 0.25) is 0 Å². The van der Waals surface area contributed by atoms with Gasteiger partial charge in [-0.2, -0.15) is 0 Å². The molecule has 7 heteroatoms. The van der Waals surface area contributed by atoms with E-state index in [4.69, 9.17) is 0 Å². The molecule has 1 saturated heterocycles. The molecule has 2 N–H and O–H groups in total. The van der Waals surface area contributed by atoms with Gasteiger partial charge in [-0.3, -0.25) is 9.69 Å². The van der Waals surface area contributed by atoms with Crippen LogP contribution in [0.4, 0.5) is 5.69 Å². The number of rotatable bonds is 5. The van der Waals surface area contributed by atoms with Crippen LogP contribution in [-0.2, 0) is 11.8 Å². The van der Waals surface area contributed by atoms with Crippen molar-refractivity contribution in [1.29, 1.82) is 0 Å². The number of carboxylic acid groups (broad SMARTS) is 2. The SMILES string of the molecule is Cn1cc([C@@H](C(=O)O)N2CCN(c3ccccc3)CC2)c2cc(C(=O)O)ccc21. The van der Waals surface area contributed by atoms with Crippen LogP contribution in [0.1, 0.15) is 22.0 Å². The number of aryl methyl sites for hydroxylation is 1. The molecule has 2 aromatic carbocycles. The van der Waals surface area contributed by atoms with E-state index < -0.39 is 18.0 Å². The number of hydrogen-bond donors (Lipinski definition) is 2. The van der Waals surface area contributed by atoms with E-state index in [9.17, 15) is 19.8 Å². The van der Waals surface area contributed by atoms with Gasteiger partial charge in [-0.15, -0.1) is 0 Å². The fourth-order valence-corrected chi connectivity index (χ4v) is 4.14. The Bertz CT molecular complexity index is 1050. The monoisotopic (exact) mass is 393 g/mol. The molecule has 1 aromatic heterocycles. The van der Waals surface area contributed by atoms with Gasteiger partial charge in [0, 0.05) is 61.6 Å². The van der Waals surface area contributed by atoms with E-state index in [0.717, 1.165) is 24.3 Å². The number of para-hydroxylation sites is 1. The van der Waals surface area contributed by atoms with Crippen molar-refractivity contribution in [2.45, 2.75) is 6.04 Å². The number of aromatic carboxylic acids is 1. The smallest absolute Gasteiger partial charge is 0.335 e. The van der Waals surface area contributed by atoms with E-state index in [-0.39, 0.29) is 5.56 Å². The lowest BCUT2D eigenvalue weighted by Gasteiger charge is -2.38. The number of fused-ring (bicyclic) bond motifs is 1. The minimum Gasteiger partial charge on any atom is -0.480 e. The molecule has 150 valence electrons. The van der Waals surface area contributed by atoms with Gasteiger partial charge in [-0.25, -0.2) is 4.79 Å². The summed E-state index contributed by atoms with van der Waals surface area (Å²) in [5.41, 5.74) is 2.74. The number of nitrogens with zero attached hydrogens (tertiary/aromatic N) is 3.